The number of carbonyl (C=O) groups excluding carboxylic acids is 1. The number of hydrogen-bond donors (Lipinski definition) is 0. The van der Waals surface area contributed by atoms with Gasteiger partial charge in [-0.15, -0.1) is 0 Å². The van der Waals surface area contributed by atoms with Gasteiger partial charge in [-0.25, -0.2) is 8.42 Å². The van der Waals surface area contributed by atoms with Gasteiger partial charge in [0.05, 0.1) is 40.2 Å². The van der Waals surface area contributed by atoms with Crippen LogP contribution in [0.15, 0.2) is 35.7 Å². The van der Waals surface area contributed by atoms with E-state index in [-0.39, 0.29) is 22.3 Å². The lowest BCUT2D eigenvalue weighted by Crippen LogP contribution is -2.27. The van der Waals surface area contributed by atoms with Crippen LogP contribution in [-0.4, -0.2) is 57.2 Å². The largest absolute Gasteiger partial charge is 0.381 e. The first kappa shape index (κ1) is 21.3. The first-order valence-corrected chi connectivity index (χ1v) is 12.6. The zero-order valence-electron chi connectivity index (χ0n) is 18.1. The molecule has 0 amide bonds. The molecule has 170 valence electrons. The fourth-order valence-electron chi connectivity index (χ4n) is 4.49. The molecule has 32 heavy (non-hydrogen) atoms. The number of aromatic nitrogens is 5. The summed E-state index contributed by atoms with van der Waals surface area (Å²) in [5.41, 5.74) is 1.29. The van der Waals surface area contributed by atoms with E-state index in [2.05, 4.69) is 15.2 Å². The number of sulfone groups is 1. The number of ether oxygens (including phenoxy) is 1. The summed E-state index contributed by atoms with van der Waals surface area (Å²) in [7, 11) is -1.61. The van der Waals surface area contributed by atoms with Gasteiger partial charge in [0, 0.05) is 38.0 Å². The van der Waals surface area contributed by atoms with E-state index in [0.717, 1.165) is 12.8 Å². The van der Waals surface area contributed by atoms with Crippen LogP contribution in [0, 0.1) is 5.92 Å². The lowest BCUT2D eigenvalue weighted by Gasteiger charge is -2.26. The number of carbonyl (C=O) groups is 1. The molecule has 1 saturated carbocycles. The summed E-state index contributed by atoms with van der Waals surface area (Å²) in [6.07, 6.45) is 10.4. The number of hydrogen-bond acceptors (Lipinski definition) is 7. The SMILES string of the molecule is Cn1ccc(CC(=O)C(CC2CCOCC2)n2ncc3c(S(=O)(=O)C4CC4)cncc32)n1. The van der Waals surface area contributed by atoms with E-state index < -0.39 is 15.9 Å². The summed E-state index contributed by atoms with van der Waals surface area (Å²) in [6, 6.07) is 1.32. The van der Waals surface area contributed by atoms with E-state index in [4.69, 9.17) is 4.74 Å². The molecule has 3 aromatic heterocycles. The van der Waals surface area contributed by atoms with Gasteiger partial charge in [0.2, 0.25) is 0 Å². The minimum Gasteiger partial charge on any atom is -0.381 e. The van der Waals surface area contributed by atoms with Crippen LogP contribution in [0.2, 0.25) is 0 Å². The Morgan fingerprint density at radius 2 is 1.97 bits per heavy atom. The summed E-state index contributed by atoms with van der Waals surface area (Å²) in [5, 5.41) is 9.07. The molecule has 0 radical (unpaired) electrons. The van der Waals surface area contributed by atoms with Crippen molar-refractivity contribution in [2.75, 3.05) is 13.2 Å². The highest BCUT2D eigenvalue weighted by atomic mass is 32.2. The molecule has 10 heteroatoms. The van der Waals surface area contributed by atoms with Gasteiger partial charge in [0.25, 0.3) is 0 Å². The lowest BCUT2D eigenvalue weighted by atomic mass is 9.90. The van der Waals surface area contributed by atoms with E-state index >= 15 is 0 Å². The molecule has 0 bridgehead atoms. The van der Waals surface area contributed by atoms with Gasteiger partial charge >= 0.3 is 0 Å². The zero-order chi connectivity index (χ0) is 22.3. The highest BCUT2D eigenvalue weighted by Gasteiger charge is 2.38. The van der Waals surface area contributed by atoms with Crippen molar-refractivity contribution >= 4 is 26.5 Å². The van der Waals surface area contributed by atoms with E-state index in [1.54, 1.807) is 21.8 Å². The first-order valence-electron chi connectivity index (χ1n) is 11.1. The van der Waals surface area contributed by atoms with Crippen molar-refractivity contribution in [2.24, 2.45) is 13.0 Å². The predicted molar refractivity (Wildman–Crippen MR) is 117 cm³/mol. The molecule has 1 aliphatic carbocycles. The van der Waals surface area contributed by atoms with Gasteiger partial charge in [-0.1, -0.05) is 0 Å². The fraction of sp³-hybridized carbons (Fsp3) is 0.545. The third kappa shape index (κ3) is 4.09. The molecular formula is C22H27N5O4S. The summed E-state index contributed by atoms with van der Waals surface area (Å²) < 4.78 is 34.7. The molecule has 1 unspecified atom stereocenters. The van der Waals surface area contributed by atoms with Crippen LogP contribution in [0.1, 0.15) is 43.8 Å². The van der Waals surface area contributed by atoms with Gasteiger partial charge < -0.3 is 4.74 Å². The quantitative estimate of drug-likeness (QED) is 0.510. The third-order valence-corrected chi connectivity index (χ3v) is 8.73. The third-order valence-electron chi connectivity index (χ3n) is 6.45. The highest BCUT2D eigenvalue weighted by molar-refractivity contribution is 7.92. The molecule has 0 N–H and O–H groups in total. The number of ketones is 1. The molecule has 1 saturated heterocycles. The van der Waals surface area contributed by atoms with Gasteiger partial charge in [-0.3, -0.25) is 19.1 Å². The molecule has 3 aromatic rings. The Bertz CT molecular complexity index is 1240. The molecule has 1 atom stereocenters. The van der Waals surface area contributed by atoms with Crippen molar-refractivity contribution < 1.29 is 17.9 Å². The van der Waals surface area contributed by atoms with Gasteiger partial charge in [0.1, 0.15) is 6.04 Å². The molecule has 0 aromatic carbocycles. The minimum atomic E-state index is -3.43. The van der Waals surface area contributed by atoms with Crippen molar-refractivity contribution in [2.45, 2.75) is 54.7 Å². The standard InChI is InChI=1S/C22H27N5O4S/c1-26-7-4-16(25-26)11-21(28)19(10-15-5-8-31-9-6-15)27-20-13-23-14-22(18(20)12-24-27)32(29,30)17-2-3-17/h4,7,12-15,17,19H,2-3,5-6,8-11H2,1H3. The first-order chi connectivity index (χ1) is 15.4. The lowest BCUT2D eigenvalue weighted by molar-refractivity contribution is -0.122. The summed E-state index contributed by atoms with van der Waals surface area (Å²) in [5.74, 6) is 0.350. The predicted octanol–water partition coefficient (Wildman–Crippen LogP) is 2.27. The molecule has 4 heterocycles. The topological polar surface area (TPSA) is 109 Å². The van der Waals surface area contributed by atoms with Crippen LogP contribution >= 0.6 is 0 Å². The summed E-state index contributed by atoms with van der Waals surface area (Å²) in [4.78, 5) is 17.9. The van der Waals surface area contributed by atoms with Crippen LogP contribution in [0.4, 0.5) is 0 Å². The smallest absolute Gasteiger partial charge is 0.183 e. The van der Waals surface area contributed by atoms with Crippen molar-refractivity contribution in [1.82, 2.24) is 24.5 Å². The summed E-state index contributed by atoms with van der Waals surface area (Å²) >= 11 is 0. The maximum Gasteiger partial charge on any atom is 0.183 e. The Hall–Kier alpha value is -2.59. The van der Waals surface area contributed by atoms with Crippen molar-refractivity contribution in [1.29, 1.82) is 0 Å². The Morgan fingerprint density at radius 3 is 2.66 bits per heavy atom. The average Bonchev–Trinajstić information content (AvgIpc) is 3.46. The maximum absolute atomic E-state index is 13.5. The van der Waals surface area contributed by atoms with E-state index in [0.29, 0.717) is 55.0 Å². The average molecular weight is 458 g/mol. The van der Waals surface area contributed by atoms with Gasteiger partial charge in [-0.2, -0.15) is 10.2 Å². The van der Waals surface area contributed by atoms with E-state index in [1.165, 1.54) is 6.20 Å². The molecule has 1 aliphatic heterocycles. The van der Waals surface area contributed by atoms with Crippen molar-refractivity contribution in [3.05, 3.63) is 36.5 Å². The Balaban J connectivity index is 1.52. The molecule has 0 spiro atoms. The number of pyridine rings is 1. The minimum absolute atomic E-state index is 0.00986. The second kappa shape index (κ2) is 8.40. The van der Waals surface area contributed by atoms with Gasteiger partial charge in [0.15, 0.2) is 15.6 Å². The van der Waals surface area contributed by atoms with Gasteiger partial charge in [-0.05, 0) is 44.1 Å². The second-order valence-corrected chi connectivity index (χ2v) is 11.0. The van der Waals surface area contributed by atoms with Crippen LogP contribution in [0.3, 0.4) is 0 Å². The van der Waals surface area contributed by atoms with E-state index in [1.807, 2.05) is 19.3 Å². The number of aryl methyl sites for hydroxylation is 1. The number of Topliss-reactive ketones (excluding diaryl/α,β-unsaturated/α-hetero) is 1. The van der Waals surface area contributed by atoms with Crippen LogP contribution < -0.4 is 0 Å². The highest BCUT2D eigenvalue weighted by Crippen LogP contribution is 2.37. The zero-order valence-corrected chi connectivity index (χ0v) is 18.9. The maximum atomic E-state index is 13.5. The number of nitrogens with zero attached hydrogens (tertiary/aromatic N) is 5. The number of fused-ring (bicyclic) bond motifs is 1. The van der Waals surface area contributed by atoms with E-state index in [9.17, 15) is 13.2 Å². The van der Waals surface area contributed by atoms with Crippen LogP contribution in [0.25, 0.3) is 10.9 Å². The Kier molecular flexibility index (Phi) is 5.58. The van der Waals surface area contributed by atoms with Crippen LogP contribution in [-0.2, 0) is 32.8 Å². The fourth-order valence-corrected chi connectivity index (χ4v) is 6.28. The molecule has 9 nitrogen and oxygen atoms in total. The Morgan fingerprint density at radius 1 is 1.19 bits per heavy atom. The molecule has 5 rings (SSSR count). The molecular weight excluding hydrogens is 430 g/mol. The molecule has 2 fully saturated rings. The molecule has 2 aliphatic rings. The normalized spacial score (nSPS) is 18.8. The van der Waals surface area contributed by atoms with Crippen molar-refractivity contribution in [3.8, 4) is 0 Å². The second-order valence-electron chi connectivity index (χ2n) is 8.84. The monoisotopic (exact) mass is 457 g/mol. The number of rotatable bonds is 8. The van der Waals surface area contributed by atoms with Crippen molar-refractivity contribution in [3.63, 3.8) is 0 Å². The van der Waals surface area contributed by atoms with Crippen LogP contribution in [0.5, 0.6) is 0 Å². The Labute approximate surface area is 186 Å². The summed E-state index contributed by atoms with van der Waals surface area (Å²) in [6.45, 7) is 1.38.